The predicted molar refractivity (Wildman–Crippen MR) is 81.2 cm³/mol. The van der Waals surface area contributed by atoms with Crippen LogP contribution in [0.15, 0.2) is 30.0 Å². The van der Waals surface area contributed by atoms with Gasteiger partial charge in [0.1, 0.15) is 0 Å². The summed E-state index contributed by atoms with van der Waals surface area (Å²) in [6, 6.07) is 3.94. The van der Waals surface area contributed by atoms with Gasteiger partial charge in [-0.25, -0.2) is 0 Å². The van der Waals surface area contributed by atoms with Crippen LogP contribution in [-0.2, 0) is 16.0 Å². The molecule has 0 amide bonds. The number of carboxylic acids is 2. The molecule has 7 heteroatoms. The van der Waals surface area contributed by atoms with Gasteiger partial charge in [0.05, 0.1) is 6.42 Å². The van der Waals surface area contributed by atoms with Gasteiger partial charge >= 0.3 is 19.5 Å². The van der Waals surface area contributed by atoms with Crippen LogP contribution in [0.3, 0.4) is 0 Å². The van der Waals surface area contributed by atoms with Crippen LogP contribution in [0, 0.1) is 0 Å². The largest absolute Gasteiger partial charge is 0.481 e. The summed E-state index contributed by atoms with van der Waals surface area (Å²) < 4.78 is 1.98. The zero-order chi connectivity index (χ0) is 15.7. The number of nitrogens with zero attached hydrogens (tertiary/aromatic N) is 2. The monoisotopic (exact) mass is 299 g/mol. The molecule has 0 aromatic carbocycles. The van der Waals surface area contributed by atoms with E-state index in [0.717, 1.165) is 17.1 Å². The molecule has 22 heavy (non-hydrogen) atoms. The Balaban J connectivity index is 1.76. The minimum absolute atomic E-state index is 0.0326. The van der Waals surface area contributed by atoms with Gasteiger partial charge in [0.2, 0.25) is 0 Å². The maximum absolute atomic E-state index is 10.7. The van der Waals surface area contributed by atoms with Crippen molar-refractivity contribution in [3.63, 3.8) is 0 Å². The van der Waals surface area contributed by atoms with Crippen LogP contribution in [0.5, 0.6) is 0 Å². The van der Waals surface area contributed by atoms with Crippen molar-refractivity contribution in [2.75, 3.05) is 0 Å². The fraction of sp³-hybridized carbons (Fsp3) is 0.333. The first-order valence-corrected chi connectivity index (χ1v) is 7.21. The van der Waals surface area contributed by atoms with Crippen LogP contribution in [0.1, 0.15) is 30.7 Å². The number of hydrogen-bond acceptors (Lipinski definition) is 3. The van der Waals surface area contributed by atoms with E-state index in [1.807, 2.05) is 47.2 Å². The Kier molecular flexibility index (Phi) is 3.79. The first kappa shape index (κ1) is 14.5. The summed E-state index contributed by atoms with van der Waals surface area (Å²) in [5.74, 6) is -1.61. The van der Waals surface area contributed by atoms with Crippen molar-refractivity contribution in [3.05, 3.63) is 41.4 Å². The molecule has 1 radical (unpaired) electrons. The molecular formula is C15H16BN2O4. The summed E-state index contributed by atoms with van der Waals surface area (Å²) in [4.78, 5) is 23.5. The third-order valence-electron chi connectivity index (χ3n) is 3.96. The molecule has 2 aliphatic heterocycles. The quantitative estimate of drug-likeness (QED) is 0.775. The SMILES string of the molecule is O=C(O)CCc1ccc2n1[B]N1C(=C2)C=CC1CCC(=O)O. The van der Waals surface area contributed by atoms with Gasteiger partial charge in [-0.1, -0.05) is 6.08 Å². The minimum Gasteiger partial charge on any atom is -0.481 e. The lowest BCUT2D eigenvalue weighted by Gasteiger charge is -2.31. The highest BCUT2D eigenvalue weighted by Gasteiger charge is 2.29. The van der Waals surface area contributed by atoms with Crippen molar-refractivity contribution in [1.82, 2.24) is 9.29 Å². The Morgan fingerprint density at radius 1 is 1.18 bits per heavy atom. The van der Waals surface area contributed by atoms with E-state index in [-0.39, 0.29) is 18.9 Å². The van der Waals surface area contributed by atoms with Crippen LogP contribution in [0.4, 0.5) is 0 Å². The average Bonchev–Trinajstić information content (AvgIpc) is 3.04. The standard InChI is InChI=1S/C15H16BN2O4/c19-14(20)7-5-10-1-3-12-9-13-4-2-11(6-8-15(21)22)18(13)16-17(10)12/h1-4,9-10H,5-8H2,(H,19,20)(H,21,22). The van der Waals surface area contributed by atoms with Gasteiger partial charge in [-0.15, -0.1) is 0 Å². The van der Waals surface area contributed by atoms with Crippen molar-refractivity contribution in [2.45, 2.75) is 31.7 Å². The van der Waals surface area contributed by atoms with Gasteiger partial charge < -0.3 is 19.5 Å². The Morgan fingerprint density at radius 2 is 1.95 bits per heavy atom. The summed E-state index contributed by atoms with van der Waals surface area (Å²) in [5, 5.41) is 17.7. The lowest BCUT2D eigenvalue weighted by atomic mass is 9.97. The number of aromatic nitrogens is 1. The van der Waals surface area contributed by atoms with E-state index in [1.165, 1.54) is 0 Å². The van der Waals surface area contributed by atoms with E-state index in [9.17, 15) is 9.59 Å². The first-order chi connectivity index (χ1) is 10.5. The summed E-state index contributed by atoms with van der Waals surface area (Å²) in [6.07, 6.45) is 7.26. The predicted octanol–water partition coefficient (Wildman–Crippen LogP) is 1.35. The summed E-state index contributed by atoms with van der Waals surface area (Å²) >= 11 is 0. The van der Waals surface area contributed by atoms with Gasteiger partial charge in [-0.3, -0.25) is 9.59 Å². The average molecular weight is 299 g/mol. The van der Waals surface area contributed by atoms with Crippen LogP contribution in [-0.4, -0.2) is 45.0 Å². The molecule has 2 N–H and O–H groups in total. The van der Waals surface area contributed by atoms with E-state index >= 15 is 0 Å². The maximum atomic E-state index is 10.7. The lowest BCUT2D eigenvalue weighted by Crippen LogP contribution is -2.39. The number of carbonyl (C=O) groups is 2. The van der Waals surface area contributed by atoms with Crippen LogP contribution in [0.25, 0.3) is 6.08 Å². The molecule has 1 aromatic rings. The molecular weight excluding hydrogens is 283 g/mol. The fourth-order valence-corrected chi connectivity index (χ4v) is 2.84. The van der Waals surface area contributed by atoms with E-state index in [0.29, 0.717) is 12.8 Å². The molecule has 0 spiro atoms. The topological polar surface area (TPSA) is 82.8 Å². The number of aryl methyl sites for hydroxylation is 1. The second-order valence-electron chi connectivity index (χ2n) is 5.46. The summed E-state index contributed by atoms with van der Waals surface area (Å²) in [5.41, 5.74) is 2.98. The fourth-order valence-electron chi connectivity index (χ4n) is 2.84. The molecule has 0 bridgehead atoms. The molecule has 1 unspecified atom stereocenters. The van der Waals surface area contributed by atoms with Gasteiger partial charge in [-0.2, -0.15) is 0 Å². The summed E-state index contributed by atoms with van der Waals surface area (Å²) in [7, 11) is 1.94. The molecule has 113 valence electrons. The zero-order valence-electron chi connectivity index (χ0n) is 12.0. The van der Waals surface area contributed by atoms with Gasteiger partial charge in [0.15, 0.2) is 0 Å². The Morgan fingerprint density at radius 3 is 2.68 bits per heavy atom. The van der Waals surface area contributed by atoms with Crippen molar-refractivity contribution in [3.8, 4) is 0 Å². The van der Waals surface area contributed by atoms with Crippen molar-refractivity contribution < 1.29 is 19.8 Å². The molecule has 0 saturated heterocycles. The first-order valence-electron chi connectivity index (χ1n) is 7.21. The smallest absolute Gasteiger partial charge is 0.396 e. The van der Waals surface area contributed by atoms with Crippen LogP contribution >= 0.6 is 0 Å². The second kappa shape index (κ2) is 5.75. The number of fused-ring (bicyclic) bond motifs is 2. The Bertz CT molecular complexity index is 677. The highest BCUT2D eigenvalue weighted by atomic mass is 16.4. The molecule has 1 aromatic heterocycles. The summed E-state index contributed by atoms with van der Waals surface area (Å²) in [6.45, 7) is 0. The number of carboxylic acid groups (broad SMARTS) is 2. The van der Waals surface area contributed by atoms with Gasteiger partial charge in [0, 0.05) is 29.5 Å². The highest BCUT2D eigenvalue weighted by Crippen LogP contribution is 2.29. The van der Waals surface area contributed by atoms with Crippen LogP contribution < -0.4 is 0 Å². The third kappa shape index (κ3) is 2.79. The maximum Gasteiger partial charge on any atom is 0.396 e. The van der Waals surface area contributed by atoms with Crippen LogP contribution in [0.2, 0.25) is 0 Å². The molecule has 1 atom stereocenters. The van der Waals surface area contributed by atoms with Crippen molar-refractivity contribution in [1.29, 1.82) is 0 Å². The molecule has 6 nitrogen and oxygen atoms in total. The van der Waals surface area contributed by atoms with Gasteiger partial charge in [-0.05, 0) is 37.1 Å². The Labute approximate surface area is 128 Å². The number of rotatable bonds is 6. The third-order valence-corrected chi connectivity index (χ3v) is 3.96. The van der Waals surface area contributed by atoms with E-state index in [2.05, 4.69) is 0 Å². The number of hydrogen-bond donors (Lipinski definition) is 2. The minimum atomic E-state index is -0.815. The molecule has 0 saturated carbocycles. The van der Waals surface area contributed by atoms with E-state index in [1.54, 1.807) is 0 Å². The molecule has 2 aliphatic rings. The number of allylic oxidation sites excluding steroid dienone is 1. The number of aliphatic carboxylic acids is 2. The molecule has 3 heterocycles. The molecule has 0 fully saturated rings. The van der Waals surface area contributed by atoms with E-state index in [4.69, 9.17) is 10.2 Å². The Hall–Kier alpha value is -2.44. The lowest BCUT2D eigenvalue weighted by molar-refractivity contribution is -0.138. The van der Waals surface area contributed by atoms with Crippen molar-refractivity contribution in [2.24, 2.45) is 0 Å². The van der Waals surface area contributed by atoms with Gasteiger partial charge in [0.25, 0.3) is 0 Å². The normalized spacial score (nSPS) is 18.5. The molecule has 3 rings (SSSR count). The molecule has 0 aliphatic carbocycles. The highest BCUT2D eigenvalue weighted by molar-refractivity contribution is 6.33. The van der Waals surface area contributed by atoms with Crippen molar-refractivity contribution >= 4 is 25.6 Å². The van der Waals surface area contributed by atoms with E-state index < -0.39 is 11.9 Å². The zero-order valence-corrected chi connectivity index (χ0v) is 12.0. The second-order valence-corrected chi connectivity index (χ2v) is 5.46.